The molecule has 0 unspecified atom stereocenters. The minimum atomic E-state index is -3.23. The Bertz CT molecular complexity index is 544. The molecule has 8 nitrogen and oxygen atoms in total. The molecule has 0 bridgehead atoms. The van der Waals surface area contributed by atoms with E-state index in [1.807, 2.05) is 6.92 Å². The van der Waals surface area contributed by atoms with Gasteiger partial charge in [-0.2, -0.15) is 0 Å². The Morgan fingerprint density at radius 1 is 1.35 bits per heavy atom. The van der Waals surface area contributed by atoms with Crippen molar-refractivity contribution in [1.29, 1.82) is 0 Å². The van der Waals surface area contributed by atoms with Crippen LogP contribution in [0.2, 0.25) is 0 Å². The first-order valence-electron chi connectivity index (χ1n) is 6.10. The van der Waals surface area contributed by atoms with Gasteiger partial charge in [0.1, 0.15) is 0 Å². The molecule has 0 aliphatic carbocycles. The molecule has 1 heterocycles. The van der Waals surface area contributed by atoms with Crippen molar-refractivity contribution in [3.8, 4) is 0 Å². The molecule has 0 atom stereocenters. The maximum absolute atomic E-state index is 11.8. The molecule has 0 aliphatic rings. The summed E-state index contributed by atoms with van der Waals surface area (Å²) in [6, 6.07) is 0. The van der Waals surface area contributed by atoms with Gasteiger partial charge in [-0.15, -0.1) is 0 Å². The Hall–Kier alpha value is -1.74. The number of hydrogen-bond donors (Lipinski definition) is 2. The maximum Gasteiger partial charge on any atom is 0.254 e. The Kier molecular flexibility index (Phi) is 5.83. The first-order chi connectivity index (χ1) is 9.34. The number of hydrogen-bond acceptors (Lipinski definition) is 6. The van der Waals surface area contributed by atoms with Crippen molar-refractivity contribution in [3.63, 3.8) is 0 Å². The average Bonchev–Trinajstić information content (AvgIpc) is 2.38. The van der Waals surface area contributed by atoms with Crippen LogP contribution < -0.4 is 10.6 Å². The third-order valence-corrected chi connectivity index (χ3v) is 3.84. The predicted molar refractivity (Wildman–Crippen MR) is 76.0 cm³/mol. The standard InChI is InChI=1S/C11H19N5O3S/c1-4-12-11-14-7-9(8-15-11)10(17)13-5-6-16(2)20(3,18)19/h7-8H,4-6H2,1-3H3,(H,13,17)(H,12,14,15). The number of nitrogens with one attached hydrogen (secondary N) is 2. The van der Waals surface area contributed by atoms with E-state index in [0.717, 1.165) is 10.6 Å². The monoisotopic (exact) mass is 301 g/mol. The largest absolute Gasteiger partial charge is 0.355 e. The summed E-state index contributed by atoms with van der Waals surface area (Å²) in [7, 11) is -1.77. The molecule has 0 aromatic carbocycles. The van der Waals surface area contributed by atoms with Crippen molar-refractivity contribution < 1.29 is 13.2 Å². The van der Waals surface area contributed by atoms with Crippen molar-refractivity contribution in [3.05, 3.63) is 18.0 Å². The summed E-state index contributed by atoms with van der Waals surface area (Å²) in [6.07, 6.45) is 3.95. The number of amides is 1. The van der Waals surface area contributed by atoms with Gasteiger partial charge in [0.2, 0.25) is 16.0 Å². The van der Waals surface area contributed by atoms with Crippen molar-refractivity contribution >= 4 is 21.9 Å². The first kappa shape index (κ1) is 16.3. The van der Waals surface area contributed by atoms with Crippen LogP contribution in [0.1, 0.15) is 17.3 Å². The number of anilines is 1. The van der Waals surface area contributed by atoms with Crippen LogP contribution in [0.4, 0.5) is 5.95 Å². The van der Waals surface area contributed by atoms with E-state index in [9.17, 15) is 13.2 Å². The van der Waals surface area contributed by atoms with Gasteiger partial charge in [-0.05, 0) is 6.92 Å². The third kappa shape index (κ3) is 5.10. The molecule has 1 amide bonds. The second kappa shape index (κ2) is 7.15. The van der Waals surface area contributed by atoms with E-state index < -0.39 is 10.0 Å². The molecule has 0 aliphatic heterocycles. The highest BCUT2D eigenvalue weighted by molar-refractivity contribution is 7.88. The highest BCUT2D eigenvalue weighted by Gasteiger charge is 2.11. The predicted octanol–water partition coefficient (Wildman–Crippen LogP) is -0.470. The van der Waals surface area contributed by atoms with Gasteiger partial charge in [-0.25, -0.2) is 22.7 Å². The van der Waals surface area contributed by atoms with Crippen molar-refractivity contribution in [2.45, 2.75) is 6.92 Å². The number of aromatic nitrogens is 2. The number of nitrogens with zero attached hydrogens (tertiary/aromatic N) is 3. The molecule has 112 valence electrons. The van der Waals surface area contributed by atoms with E-state index in [1.54, 1.807) is 0 Å². The van der Waals surface area contributed by atoms with Gasteiger partial charge in [0.25, 0.3) is 5.91 Å². The lowest BCUT2D eigenvalue weighted by Crippen LogP contribution is -2.35. The van der Waals surface area contributed by atoms with Crippen LogP contribution in [0, 0.1) is 0 Å². The summed E-state index contributed by atoms with van der Waals surface area (Å²) in [5.74, 6) is 0.121. The van der Waals surface area contributed by atoms with E-state index in [4.69, 9.17) is 0 Å². The van der Waals surface area contributed by atoms with Crippen molar-refractivity contribution in [1.82, 2.24) is 19.6 Å². The number of likely N-dealkylation sites (N-methyl/N-ethyl adjacent to an activating group) is 1. The fraction of sp³-hybridized carbons (Fsp3) is 0.545. The van der Waals surface area contributed by atoms with E-state index in [-0.39, 0.29) is 19.0 Å². The van der Waals surface area contributed by atoms with Crippen LogP contribution in [0.3, 0.4) is 0 Å². The van der Waals surface area contributed by atoms with Crippen LogP contribution in [0.25, 0.3) is 0 Å². The second-order valence-corrected chi connectivity index (χ2v) is 6.26. The minimum Gasteiger partial charge on any atom is -0.355 e. The van der Waals surface area contributed by atoms with Gasteiger partial charge >= 0.3 is 0 Å². The molecule has 0 saturated heterocycles. The van der Waals surface area contributed by atoms with E-state index in [1.165, 1.54) is 19.4 Å². The molecular weight excluding hydrogens is 282 g/mol. The molecule has 1 aromatic rings. The van der Waals surface area contributed by atoms with Crippen LogP contribution in [-0.4, -0.2) is 61.5 Å². The molecule has 0 spiro atoms. The van der Waals surface area contributed by atoms with Crippen LogP contribution in [0.15, 0.2) is 12.4 Å². The average molecular weight is 301 g/mol. The summed E-state index contributed by atoms with van der Waals surface area (Å²) >= 11 is 0. The zero-order chi connectivity index (χ0) is 15.2. The summed E-state index contributed by atoms with van der Waals surface area (Å²) in [5.41, 5.74) is 0.327. The summed E-state index contributed by atoms with van der Waals surface area (Å²) in [4.78, 5) is 19.7. The highest BCUT2D eigenvalue weighted by Crippen LogP contribution is 2.00. The lowest BCUT2D eigenvalue weighted by molar-refractivity contribution is 0.0951. The second-order valence-electron chi connectivity index (χ2n) is 4.17. The Morgan fingerprint density at radius 3 is 2.45 bits per heavy atom. The SMILES string of the molecule is CCNc1ncc(C(=O)NCCN(C)S(C)(=O)=O)cn1. The normalized spacial score (nSPS) is 11.4. The van der Waals surface area contributed by atoms with Gasteiger partial charge in [0.05, 0.1) is 11.8 Å². The Labute approximate surface area is 118 Å². The summed E-state index contributed by atoms with van der Waals surface area (Å²) in [5, 5.41) is 5.53. The zero-order valence-corrected chi connectivity index (χ0v) is 12.6. The molecule has 20 heavy (non-hydrogen) atoms. The van der Waals surface area contributed by atoms with Crippen LogP contribution in [-0.2, 0) is 10.0 Å². The van der Waals surface area contributed by atoms with Gasteiger partial charge in [-0.3, -0.25) is 4.79 Å². The van der Waals surface area contributed by atoms with Gasteiger partial charge in [0, 0.05) is 39.1 Å². The van der Waals surface area contributed by atoms with Gasteiger partial charge < -0.3 is 10.6 Å². The molecular formula is C11H19N5O3S. The quantitative estimate of drug-likeness (QED) is 0.705. The lowest BCUT2D eigenvalue weighted by Gasteiger charge is -2.14. The van der Waals surface area contributed by atoms with Gasteiger partial charge in [-0.1, -0.05) is 0 Å². The maximum atomic E-state index is 11.8. The smallest absolute Gasteiger partial charge is 0.254 e. The molecule has 2 N–H and O–H groups in total. The fourth-order valence-electron chi connectivity index (χ4n) is 1.29. The highest BCUT2D eigenvalue weighted by atomic mass is 32.2. The lowest BCUT2D eigenvalue weighted by atomic mass is 10.3. The third-order valence-electron chi connectivity index (χ3n) is 2.53. The van der Waals surface area contributed by atoms with Crippen LogP contribution >= 0.6 is 0 Å². The number of carbonyl (C=O) groups excluding carboxylic acids is 1. The topological polar surface area (TPSA) is 104 Å². The molecule has 1 rings (SSSR count). The van der Waals surface area contributed by atoms with E-state index in [0.29, 0.717) is 18.1 Å². The molecule has 0 radical (unpaired) electrons. The fourth-order valence-corrected chi connectivity index (χ4v) is 1.71. The summed E-state index contributed by atoms with van der Waals surface area (Å²) < 4.78 is 23.5. The van der Waals surface area contributed by atoms with Crippen molar-refractivity contribution in [2.24, 2.45) is 0 Å². The molecule has 0 saturated carbocycles. The molecule has 0 fully saturated rings. The molecule has 1 aromatic heterocycles. The Balaban J connectivity index is 2.47. The Morgan fingerprint density at radius 2 is 1.95 bits per heavy atom. The van der Waals surface area contributed by atoms with E-state index in [2.05, 4.69) is 20.6 Å². The summed E-state index contributed by atoms with van der Waals surface area (Å²) in [6.45, 7) is 3.05. The number of rotatable bonds is 7. The molecule has 9 heteroatoms. The zero-order valence-electron chi connectivity index (χ0n) is 11.8. The number of sulfonamides is 1. The van der Waals surface area contributed by atoms with Gasteiger partial charge in [0.15, 0.2) is 0 Å². The number of carbonyl (C=O) groups is 1. The van der Waals surface area contributed by atoms with Crippen LogP contribution in [0.5, 0.6) is 0 Å². The minimum absolute atomic E-state index is 0.209. The van der Waals surface area contributed by atoms with Crippen molar-refractivity contribution in [2.75, 3.05) is 38.3 Å². The van der Waals surface area contributed by atoms with E-state index >= 15 is 0 Å². The first-order valence-corrected chi connectivity index (χ1v) is 7.95.